The van der Waals surface area contributed by atoms with E-state index in [4.69, 9.17) is 5.11 Å². The van der Waals surface area contributed by atoms with Gasteiger partial charge in [-0.3, -0.25) is 14.6 Å². The predicted molar refractivity (Wildman–Crippen MR) is 71.2 cm³/mol. The lowest BCUT2D eigenvalue weighted by molar-refractivity contribution is -0.138. The van der Waals surface area contributed by atoms with Crippen molar-refractivity contribution in [2.24, 2.45) is 0 Å². The number of hydrogen-bond acceptors (Lipinski definition) is 5. The summed E-state index contributed by atoms with van der Waals surface area (Å²) in [5, 5.41) is 8.90. The van der Waals surface area contributed by atoms with Crippen LogP contribution in [0.15, 0.2) is 12.4 Å². The van der Waals surface area contributed by atoms with Crippen molar-refractivity contribution in [3.8, 4) is 0 Å². The van der Waals surface area contributed by atoms with E-state index in [2.05, 4.69) is 9.97 Å². The number of carbonyl (C=O) groups excluding carboxylic acids is 1. The molecule has 0 spiro atoms. The second kappa shape index (κ2) is 6.01. The molecule has 1 N–H and O–H groups in total. The predicted octanol–water partition coefficient (Wildman–Crippen LogP) is 0.817. The molecule has 2 heterocycles. The van der Waals surface area contributed by atoms with Gasteiger partial charge < -0.3 is 10.0 Å². The molecule has 1 unspecified atom stereocenters. The number of carboxylic acids is 1. The Hall–Kier alpha value is -1.63. The maximum absolute atomic E-state index is 12.3. The van der Waals surface area contributed by atoms with E-state index in [-0.39, 0.29) is 24.1 Å². The van der Waals surface area contributed by atoms with Crippen molar-refractivity contribution in [2.75, 3.05) is 18.1 Å². The lowest BCUT2D eigenvalue weighted by Crippen LogP contribution is -2.47. The molecule has 2 rings (SSSR count). The largest absolute Gasteiger partial charge is 0.481 e. The third-order valence-electron chi connectivity index (χ3n) is 2.90. The van der Waals surface area contributed by atoms with E-state index in [1.165, 1.54) is 12.4 Å². The number of thioether (sulfide) groups is 1. The Morgan fingerprint density at radius 1 is 1.47 bits per heavy atom. The average Bonchev–Trinajstić information content (AvgIpc) is 2.39. The molecule has 6 nitrogen and oxygen atoms in total. The van der Waals surface area contributed by atoms with Crippen molar-refractivity contribution in [2.45, 2.75) is 19.4 Å². The van der Waals surface area contributed by atoms with Crippen molar-refractivity contribution in [3.63, 3.8) is 0 Å². The van der Waals surface area contributed by atoms with Gasteiger partial charge in [0.25, 0.3) is 5.91 Å². The van der Waals surface area contributed by atoms with Gasteiger partial charge in [0.05, 0.1) is 24.4 Å². The van der Waals surface area contributed by atoms with Gasteiger partial charge >= 0.3 is 5.97 Å². The van der Waals surface area contributed by atoms with Gasteiger partial charge in [-0.05, 0) is 6.92 Å². The normalized spacial score (nSPS) is 19.2. The van der Waals surface area contributed by atoms with Crippen LogP contribution in [0, 0.1) is 6.92 Å². The SMILES string of the molecule is Cc1cnc(C(=O)N2CCSCC2CC(=O)O)cn1. The first-order valence-corrected chi connectivity index (χ1v) is 7.12. The molecule has 1 aliphatic heterocycles. The highest BCUT2D eigenvalue weighted by atomic mass is 32.2. The first-order chi connectivity index (χ1) is 9.08. The average molecular weight is 281 g/mol. The molecule has 0 bridgehead atoms. The zero-order valence-corrected chi connectivity index (χ0v) is 11.4. The summed E-state index contributed by atoms with van der Waals surface area (Å²) in [5.41, 5.74) is 1.01. The Kier molecular flexibility index (Phi) is 4.36. The van der Waals surface area contributed by atoms with E-state index in [0.29, 0.717) is 12.3 Å². The van der Waals surface area contributed by atoms with Crippen molar-refractivity contribution in [1.82, 2.24) is 14.9 Å². The van der Waals surface area contributed by atoms with E-state index in [1.807, 2.05) is 0 Å². The van der Waals surface area contributed by atoms with Crippen LogP contribution in [0.1, 0.15) is 22.6 Å². The molecule has 0 radical (unpaired) electrons. The highest BCUT2D eigenvalue weighted by molar-refractivity contribution is 7.99. The summed E-state index contributed by atoms with van der Waals surface area (Å²) in [6.45, 7) is 2.35. The molecule has 1 amide bonds. The summed E-state index contributed by atoms with van der Waals surface area (Å²) in [7, 11) is 0. The summed E-state index contributed by atoms with van der Waals surface area (Å²) >= 11 is 1.67. The minimum atomic E-state index is -0.889. The second-order valence-corrected chi connectivity index (χ2v) is 5.52. The fourth-order valence-corrected chi connectivity index (χ4v) is 3.01. The molecule has 0 aliphatic carbocycles. The van der Waals surface area contributed by atoms with Crippen molar-refractivity contribution in [3.05, 3.63) is 23.8 Å². The maximum atomic E-state index is 12.3. The molecule has 1 atom stereocenters. The lowest BCUT2D eigenvalue weighted by Gasteiger charge is -2.34. The molecular weight excluding hydrogens is 266 g/mol. The Bertz CT molecular complexity index is 478. The molecule has 102 valence electrons. The number of aromatic nitrogens is 2. The fourth-order valence-electron chi connectivity index (χ4n) is 1.94. The van der Waals surface area contributed by atoms with E-state index in [9.17, 15) is 9.59 Å². The number of hydrogen-bond donors (Lipinski definition) is 1. The Morgan fingerprint density at radius 3 is 2.89 bits per heavy atom. The summed E-state index contributed by atoms with van der Waals surface area (Å²) < 4.78 is 0. The van der Waals surface area contributed by atoms with Crippen LogP contribution >= 0.6 is 11.8 Å². The number of aryl methyl sites for hydroxylation is 1. The maximum Gasteiger partial charge on any atom is 0.305 e. The first-order valence-electron chi connectivity index (χ1n) is 5.97. The van der Waals surface area contributed by atoms with Crippen LogP contribution in [0.4, 0.5) is 0 Å². The topological polar surface area (TPSA) is 83.4 Å². The quantitative estimate of drug-likeness (QED) is 0.883. The Morgan fingerprint density at radius 2 is 2.26 bits per heavy atom. The van der Waals surface area contributed by atoms with Crippen LogP contribution in [-0.2, 0) is 4.79 Å². The molecular formula is C12H15N3O3S. The number of nitrogens with zero attached hydrogens (tertiary/aromatic N) is 3. The van der Waals surface area contributed by atoms with Gasteiger partial charge in [0.1, 0.15) is 5.69 Å². The first kappa shape index (κ1) is 13.8. The zero-order chi connectivity index (χ0) is 13.8. The van der Waals surface area contributed by atoms with Crippen molar-refractivity contribution in [1.29, 1.82) is 0 Å². The summed E-state index contributed by atoms with van der Waals surface area (Å²) in [4.78, 5) is 32.9. The van der Waals surface area contributed by atoms with Gasteiger partial charge in [0.2, 0.25) is 0 Å². The minimum Gasteiger partial charge on any atom is -0.481 e. The van der Waals surface area contributed by atoms with Crippen LogP contribution in [-0.4, -0.2) is 55.9 Å². The molecule has 0 saturated carbocycles. The van der Waals surface area contributed by atoms with Gasteiger partial charge in [-0.15, -0.1) is 0 Å². The molecule has 1 fully saturated rings. The molecule has 19 heavy (non-hydrogen) atoms. The Labute approximate surface area is 115 Å². The summed E-state index contributed by atoms with van der Waals surface area (Å²) in [6.07, 6.45) is 2.95. The van der Waals surface area contributed by atoms with Crippen molar-refractivity contribution < 1.29 is 14.7 Å². The fraction of sp³-hybridized carbons (Fsp3) is 0.500. The molecule has 1 aromatic heterocycles. The number of rotatable bonds is 3. The van der Waals surface area contributed by atoms with Crippen LogP contribution in [0.5, 0.6) is 0 Å². The van der Waals surface area contributed by atoms with Gasteiger partial charge in [-0.2, -0.15) is 11.8 Å². The molecule has 1 saturated heterocycles. The van der Waals surface area contributed by atoms with E-state index in [1.54, 1.807) is 23.6 Å². The third kappa shape index (κ3) is 3.44. The van der Waals surface area contributed by atoms with E-state index < -0.39 is 5.97 Å². The summed E-state index contributed by atoms with van der Waals surface area (Å²) in [5.74, 6) is 0.345. The lowest BCUT2D eigenvalue weighted by atomic mass is 10.2. The van der Waals surface area contributed by atoms with Crippen LogP contribution in [0.25, 0.3) is 0 Å². The van der Waals surface area contributed by atoms with E-state index in [0.717, 1.165) is 11.4 Å². The number of carboxylic acid groups (broad SMARTS) is 1. The smallest absolute Gasteiger partial charge is 0.305 e. The van der Waals surface area contributed by atoms with Gasteiger partial charge in [0, 0.05) is 24.2 Å². The van der Waals surface area contributed by atoms with Gasteiger partial charge in [-0.1, -0.05) is 0 Å². The standard InChI is InChI=1S/C12H15N3O3S/c1-8-5-14-10(6-13-8)12(18)15-2-3-19-7-9(15)4-11(16)17/h5-6,9H,2-4,7H2,1H3,(H,16,17). The van der Waals surface area contributed by atoms with Gasteiger partial charge in [0.15, 0.2) is 0 Å². The third-order valence-corrected chi connectivity index (χ3v) is 3.99. The number of aliphatic carboxylic acids is 1. The number of amides is 1. The summed E-state index contributed by atoms with van der Waals surface area (Å²) in [6, 6.07) is -0.271. The highest BCUT2D eigenvalue weighted by Gasteiger charge is 2.30. The van der Waals surface area contributed by atoms with Crippen LogP contribution in [0.3, 0.4) is 0 Å². The molecule has 1 aliphatic rings. The molecule has 7 heteroatoms. The van der Waals surface area contributed by atoms with Crippen molar-refractivity contribution >= 4 is 23.6 Å². The highest BCUT2D eigenvalue weighted by Crippen LogP contribution is 2.20. The monoisotopic (exact) mass is 281 g/mol. The minimum absolute atomic E-state index is 0.0297. The number of carbonyl (C=O) groups is 2. The Balaban J connectivity index is 2.15. The molecule has 0 aromatic carbocycles. The molecule has 1 aromatic rings. The van der Waals surface area contributed by atoms with Crippen LogP contribution in [0.2, 0.25) is 0 Å². The van der Waals surface area contributed by atoms with E-state index >= 15 is 0 Å². The zero-order valence-electron chi connectivity index (χ0n) is 10.6. The second-order valence-electron chi connectivity index (χ2n) is 4.37. The van der Waals surface area contributed by atoms with Gasteiger partial charge in [-0.25, -0.2) is 4.98 Å². The van der Waals surface area contributed by atoms with Crippen LogP contribution < -0.4 is 0 Å².